The molecule has 0 bridgehead atoms. The predicted molar refractivity (Wildman–Crippen MR) is 78.9 cm³/mol. The van der Waals surface area contributed by atoms with Gasteiger partial charge >= 0.3 is 11.9 Å². The summed E-state index contributed by atoms with van der Waals surface area (Å²) in [7, 11) is -3.77. The van der Waals surface area contributed by atoms with E-state index in [1.807, 2.05) is 39.3 Å². The highest BCUT2D eigenvalue weighted by Crippen LogP contribution is 2.11. The van der Waals surface area contributed by atoms with Crippen molar-refractivity contribution in [2.24, 2.45) is 0 Å². The molecule has 0 aromatic rings. The van der Waals surface area contributed by atoms with E-state index in [-0.39, 0.29) is 0 Å². The minimum absolute atomic E-state index is 0.493. The molecule has 0 spiro atoms. The Kier molecular flexibility index (Phi) is 6.43. The zero-order valence-corrected chi connectivity index (χ0v) is 15.2. The molecule has 2 unspecified atom stereocenters. The summed E-state index contributed by atoms with van der Waals surface area (Å²) in [6.45, 7) is 14.8. The fraction of sp³-hybridized carbons (Fsp3) is 0.833. The van der Waals surface area contributed by atoms with E-state index in [2.05, 4.69) is 0 Å². The number of hydrogen-bond acceptors (Lipinski definition) is 5. The Labute approximate surface area is 117 Å². The Hall–Kier alpha value is -0.666. The van der Waals surface area contributed by atoms with E-state index in [9.17, 15) is 9.59 Å². The third-order valence-electron chi connectivity index (χ3n) is 1.89. The summed E-state index contributed by atoms with van der Waals surface area (Å²) >= 11 is 0. The van der Waals surface area contributed by atoms with Crippen LogP contribution in [0.2, 0.25) is 39.3 Å². The molecule has 0 aromatic carbocycles. The lowest BCUT2D eigenvalue weighted by atomic mass is 10.4. The lowest BCUT2D eigenvalue weighted by molar-refractivity contribution is -0.166. The molecule has 0 aromatic heterocycles. The molecule has 0 heterocycles. The molecule has 0 radical (unpaired) electrons. The molecule has 0 N–H and O–H groups in total. The van der Waals surface area contributed by atoms with Crippen molar-refractivity contribution in [3.05, 3.63) is 0 Å². The Morgan fingerprint density at radius 1 is 0.789 bits per heavy atom. The molecule has 0 aliphatic heterocycles. The number of hydrogen-bond donors (Lipinski definition) is 0. The molecule has 0 saturated heterocycles. The Morgan fingerprint density at radius 3 is 1.63 bits per heavy atom. The first-order chi connectivity index (χ1) is 8.32. The van der Waals surface area contributed by atoms with Crippen molar-refractivity contribution in [1.29, 1.82) is 0 Å². The average molecular weight is 307 g/mol. The van der Waals surface area contributed by atoms with Crippen LogP contribution in [0.5, 0.6) is 0 Å². The summed E-state index contributed by atoms with van der Waals surface area (Å²) in [6, 6.07) is 0. The van der Waals surface area contributed by atoms with Crippen molar-refractivity contribution in [1.82, 2.24) is 0 Å². The third kappa shape index (κ3) is 8.95. The van der Waals surface area contributed by atoms with Gasteiger partial charge in [-0.25, -0.2) is 9.59 Å². The molecule has 0 rings (SSSR count). The maximum absolute atomic E-state index is 11.8. The second kappa shape index (κ2) is 6.67. The van der Waals surface area contributed by atoms with Gasteiger partial charge in [-0.3, -0.25) is 0 Å². The van der Waals surface area contributed by atoms with Gasteiger partial charge in [0.2, 0.25) is 8.32 Å². The van der Waals surface area contributed by atoms with Crippen molar-refractivity contribution in [2.75, 3.05) is 0 Å². The molecule has 7 heteroatoms. The van der Waals surface area contributed by atoms with Gasteiger partial charge < -0.3 is 13.6 Å². The van der Waals surface area contributed by atoms with Crippen LogP contribution in [0.25, 0.3) is 0 Å². The van der Waals surface area contributed by atoms with E-state index in [0.717, 1.165) is 0 Å². The average Bonchev–Trinajstić information content (AvgIpc) is 2.11. The lowest BCUT2D eigenvalue weighted by Crippen LogP contribution is -2.40. The Balaban J connectivity index is 4.37. The molecular formula is C12H26O5Si2. The van der Waals surface area contributed by atoms with Crippen LogP contribution < -0.4 is 0 Å². The van der Waals surface area contributed by atoms with Gasteiger partial charge in [0.1, 0.15) is 6.10 Å². The summed E-state index contributed by atoms with van der Waals surface area (Å²) in [5.74, 6) is -1.02. The molecule has 2 atom stereocenters. The SMILES string of the molecule is CC(OC(=O)C(C)O[Si](C)(C)C)C(=O)O[Si](C)(C)C. The summed E-state index contributed by atoms with van der Waals surface area (Å²) in [4.78, 5) is 23.5. The van der Waals surface area contributed by atoms with Gasteiger partial charge in [0.25, 0.3) is 0 Å². The minimum Gasteiger partial charge on any atom is -0.517 e. The predicted octanol–water partition coefficient (Wildman–Crippen LogP) is 2.54. The maximum atomic E-state index is 11.8. The molecule has 0 saturated carbocycles. The zero-order chi connectivity index (χ0) is 15.4. The van der Waals surface area contributed by atoms with E-state index in [1.165, 1.54) is 6.92 Å². The minimum atomic E-state index is -1.96. The van der Waals surface area contributed by atoms with Crippen LogP contribution in [0.1, 0.15) is 13.8 Å². The second-order valence-corrected chi connectivity index (χ2v) is 15.4. The molecule has 0 aliphatic rings. The summed E-state index contributed by atoms with van der Waals surface area (Å²) in [5, 5.41) is 0. The summed E-state index contributed by atoms with van der Waals surface area (Å²) < 4.78 is 15.9. The van der Waals surface area contributed by atoms with Crippen molar-refractivity contribution >= 4 is 28.6 Å². The quantitative estimate of drug-likeness (QED) is 0.557. The number of rotatable bonds is 6. The monoisotopic (exact) mass is 306 g/mol. The lowest BCUT2D eigenvalue weighted by Gasteiger charge is -2.24. The van der Waals surface area contributed by atoms with Crippen LogP contribution >= 0.6 is 0 Å². The normalized spacial score (nSPS) is 15.6. The van der Waals surface area contributed by atoms with Gasteiger partial charge in [0.15, 0.2) is 14.4 Å². The molecule has 112 valence electrons. The van der Waals surface area contributed by atoms with Crippen LogP contribution in [0.4, 0.5) is 0 Å². The van der Waals surface area contributed by atoms with E-state index in [4.69, 9.17) is 13.6 Å². The van der Waals surface area contributed by atoms with Crippen LogP contribution in [0.3, 0.4) is 0 Å². The second-order valence-electron chi connectivity index (χ2n) is 6.49. The highest BCUT2D eigenvalue weighted by atomic mass is 28.4. The van der Waals surface area contributed by atoms with Crippen LogP contribution in [-0.4, -0.2) is 40.8 Å². The van der Waals surface area contributed by atoms with E-state index in [0.29, 0.717) is 0 Å². The standard InChI is InChI=1S/C12H26O5Si2/c1-9(12(14)17-19(6,7)8)15-11(13)10(2)16-18(3,4)5/h9-10H,1-8H3. The largest absolute Gasteiger partial charge is 0.517 e. The van der Waals surface area contributed by atoms with Gasteiger partial charge in [-0.15, -0.1) is 0 Å². The third-order valence-corrected chi connectivity index (χ3v) is 3.77. The van der Waals surface area contributed by atoms with Crippen molar-refractivity contribution in [3.63, 3.8) is 0 Å². The fourth-order valence-corrected chi connectivity index (χ4v) is 3.21. The van der Waals surface area contributed by atoms with Crippen LogP contribution in [0, 0.1) is 0 Å². The number of esters is 1. The van der Waals surface area contributed by atoms with Gasteiger partial charge in [-0.1, -0.05) is 0 Å². The summed E-state index contributed by atoms with van der Waals surface area (Å²) in [5.41, 5.74) is 0. The topological polar surface area (TPSA) is 61.8 Å². The van der Waals surface area contributed by atoms with Gasteiger partial charge in [0, 0.05) is 0 Å². The van der Waals surface area contributed by atoms with Crippen molar-refractivity contribution < 1.29 is 23.2 Å². The van der Waals surface area contributed by atoms with E-state index >= 15 is 0 Å². The molecular weight excluding hydrogens is 280 g/mol. The Bertz CT molecular complexity index is 330. The van der Waals surface area contributed by atoms with Gasteiger partial charge in [-0.05, 0) is 53.1 Å². The highest BCUT2D eigenvalue weighted by molar-refractivity contribution is 6.71. The maximum Gasteiger partial charge on any atom is 0.334 e. The first-order valence-corrected chi connectivity index (χ1v) is 13.2. The van der Waals surface area contributed by atoms with Gasteiger partial charge in [-0.2, -0.15) is 0 Å². The highest BCUT2D eigenvalue weighted by Gasteiger charge is 2.29. The number of carbonyl (C=O) groups excluding carboxylic acids is 2. The first-order valence-electron chi connectivity index (χ1n) is 6.43. The van der Waals surface area contributed by atoms with Gasteiger partial charge in [0.05, 0.1) is 0 Å². The van der Waals surface area contributed by atoms with E-state index < -0.39 is 40.8 Å². The first kappa shape index (κ1) is 18.3. The smallest absolute Gasteiger partial charge is 0.334 e. The van der Waals surface area contributed by atoms with Crippen LogP contribution in [0.15, 0.2) is 0 Å². The summed E-state index contributed by atoms with van der Waals surface area (Å²) in [6.07, 6.45) is -1.55. The van der Waals surface area contributed by atoms with Crippen molar-refractivity contribution in [2.45, 2.75) is 65.3 Å². The molecule has 0 aliphatic carbocycles. The van der Waals surface area contributed by atoms with Crippen molar-refractivity contribution in [3.8, 4) is 0 Å². The molecule has 0 amide bonds. The Morgan fingerprint density at radius 2 is 1.26 bits per heavy atom. The molecule has 5 nitrogen and oxygen atoms in total. The number of ether oxygens (including phenoxy) is 1. The molecule has 0 fully saturated rings. The number of carbonyl (C=O) groups is 2. The fourth-order valence-electron chi connectivity index (χ4n) is 1.28. The molecule has 19 heavy (non-hydrogen) atoms. The van der Waals surface area contributed by atoms with Crippen LogP contribution in [-0.2, 0) is 23.2 Å². The zero-order valence-electron chi connectivity index (χ0n) is 13.2. The van der Waals surface area contributed by atoms with E-state index in [1.54, 1.807) is 6.92 Å².